The Bertz CT molecular complexity index is 166. The highest BCUT2D eigenvalue weighted by Crippen LogP contribution is 2.47. The van der Waals surface area contributed by atoms with Crippen molar-refractivity contribution in [2.45, 2.75) is 19.3 Å². The monoisotopic (exact) mass is 156 g/mol. The van der Waals surface area contributed by atoms with Crippen LogP contribution in [0.1, 0.15) is 19.3 Å². The molecule has 0 atom stereocenters. The minimum atomic E-state index is 0.581. The maximum atomic E-state index is 5.46. The van der Waals surface area contributed by atoms with Crippen LogP contribution in [-0.4, -0.2) is 23.1 Å². The smallest absolute Gasteiger partial charge is 0.166 e. The summed E-state index contributed by atoms with van der Waals surface area (Å²) in [6.45, 7) is 2.25. The number of nitrogens with two attached hydrogens (primary N) is 1. The van der Waals surface area contributed by atoms with E-state index < -0.39 is 0 Å². The molecule has 0 aromatic rings. The summed E-state index contributed by atoms with van der Waals surface area (Å²) >= 11 is 4.85. The normalized spacial score (nSPS) is 27.4. The molecule has 2 nitrogen and oxygen atoms in total. The third kappa shape index (κ3) is 0.732. The van der Waals surface area contributed by atoms with Crippen LogP contribution in [0.15, 0.2) is 0 Å². The van der Waals surface area contributed by atoms with Gasteiger partial charge in [-0.3, -0.25) is 0 Å². The Kier molecular flexibility index (Phi) is 1.18. The van der Waals surface area contributed by atoms with Crippen LogP contribution in [0.2, 0.25) is 0 Å². The van der Waals surface area contributed by atoms with E-state index in [1.165, 1.54) is 19.3 Å². The van der Waals surface area contributed by atoms with Gasteiger partial charge in [0.15, 0.2) is 5.11 Å². The quantitative estimate of drug-likeness (QED) is 0.524. The lowest BCUT2D eigenvalue weighted by atomic mass is 9.64. The first-order valence-electron chi connectivity index (χ1n) is 3.76. The second kappa shape index (κ2) is 1.84. The van der Waals surface area contributed by atoms with Crippen LogP contribution in [0.25, 0.3) is 0 Å². The molecule has 10 heavy (non-hydrogen) atoms. The van der Waals surface area contributed by atoms with Crippen molar-refractivity contribution >= 4 is 17.3 Å². The summed E-state index contributed by atoms with van der Waals surface area (Å²) in [6.07, 6.45) is 4.20. The first kappa shape index (κ1) is 6.40. The topological polar surface area (TPSA) is 29.3 Å². The zero-order chi connectivity index (χ0) is 7.19. The Balaban J connectivity index is 1.88. The Labute approximate surface area is 66.4 Å². The van der Waals surface area contributed by atoms with Crippen LogP contribution >= 0.6 is 12.2 Å². The van der Waals surface area contributed by atoms with Gasteiger partial charge >= 0.3 is 0 Å². The second-order valence-electron chi connectivity index (χ2n) is 3.55. The van der Waals surface area contributed by atoms with Gasteiger partial charge in [-0.15, -0.1) is 0 Å². The first-order valence-corrected chi connectivity index (χ1v) is 4.17. The molecule has 2 N–H and O–H groups in total. The molecule has 56 valence electrons. The average Bonchev–Trinajstić information content (AvgIpc) is 1.54. The molecular weight excluding hydrogens is 144 g/mol. The van der Waals surface area contributed by atoms with Crippen molar-refractivity contribution in [1.82, 2.24) is 4.90 Å². The summed E-state index contributed by atoms with van der Waals surface area (Å²) in [5.41, 5.74) is 6.11. The van der Waals surface area contributed by atoms with Crippen LogP contribution in [0.3, 0.4) is 0 Å². The van der Waals surface area contributed by atoms with E-state index in [1.807, 2.05) is 0 Å². The van der Waals surface area contributed by atoms with Crippen molar-refractivity contribution in [3.63, 3.8) is 0 Å². The molecule has 0 aromatic heterocycles. The highest BCUT2D eigenvalue weighted by atomic mass is 32.1. The minimum absolute atomic E-state index is 0.581. The average molecular weight is 156 g/mol. The van der Waals surface area contributed by atoms with Crippen LogP contribution < -0.4 is 5.73 Å². The number of rotatable bonds is 0. The van der Waals surface area contributed by atoms with E-state index in [0.29, 0.717) is 10.5 Å². The van der Waals surface area contributed by atoms with E-state index in [-0.39, 0.29) is 0 Å². The van der Waals surface area contributed by atoms with Gasteiger partial charge in [-0.25, -0.2) is 0 Å². The molecule has 0 amide bonds. The summed E-state index contributed by atoms with van der Waals surface area (Å²) in [5, 5.41) is 0.581. The fraction of sp³-hybridized carbons (Fsp3) is 0.857. The summed E-state index contributed by atoms with van der Waals surface area (Å²) in [5.74, 6) is 0. The van der Waals surface area contributed by atoms with E-state index in [0.717, 1.165) is 13.1 Å². The predicted octanol–water partition coefficient (Wildman–Crippen LogP) is 0.716. The molecule has 2 aliphatic rings. The zero-order valence-electron chi connectivity index (χ0n) is 5.97. The predicted molar refractivity (Wildman–Crippen MR) is 44.6 cm³/mol. The van der Waals surface area contributed by atoms with E-state index in [4.69, 9.17) is 18.0 Å². The van der Waals surface area contributed by atoms with Crippen molar-refractivity contribution in [3.05, 3.63) is 0 Å². The lowest BCUT2D eigenvalue weighted by Gasteiger charge is -2.56. The maximum absolute atomic E-state index is 5.46. The third-order valence-electron chi connectivity index (χ3n) is 2.78. The van der Waals surface area contributed by atoms with Crippen molar-refractivity contribution in [2.75, 3.05) is 13.1 Å². The fourth-order valence-corrected chi connectivity index (χ4v) is 2.04. The number of hydrogen-bond donors (Lipinski definition) is 1. The molecule has 2 fully saturated rings. The van der Waals surface area contributed by atoms with Crippen LogP contribution in [-0.2, 0) is 0 Å². The van der Waals surface area contributed by atoms with Crippen LogP contribution in [0.4, 0.5) is 0 Å². The molecule has 0 bridgehead atoms. The number of hydrogen-bond acceptors (Lipinski definition) is 1. The number of thiocarbonyl (C=S) groups is 1. The van der Waals surface area contributed by atoms with Gasteiger partial charge in [-0.2, -0.15) is 0 Å². The molecule has 1 aliphatic heterocycles. The molecule has 2 rings (SSSR count). The molecule has 1 saturated carbocycles. The van der Waals surface area contributed by atoms with E-state index in [9.17, 15) is 0 Å². The zero-order valence-corrected chi connectivity index (χ0v) is 6.78. The first-order chi connectivity index (χ1) is 4.72. The summed E-state index contributed by atoms with van der Waals surface area (Å²) in [7, 11) is 0. The number of nitrogens with zero attached hydrogens (tertiary/aromatic N) is 1. The van der Waals surface area contributed by atoms with Crippen LogP contribution in [0, 0.1) is 5.41 Å². The second-order valence-corrected chi connectivity index (χ2v) is 3.97. The minimum Gasteiger partial charge on any atom is -0.376 e. The SMILES string of the molecule is NC(=S)N1CC2(CCC2)C1. The van der Waals surface area contributed by atoms with Gasteiger partial charge in [0.25, 0.3) is 0 Å². The molecule has 0 aromatic carbocycles. The van der Waals surface area contributed by atoms with E-state index in [2.05, 4.69) is 4.90 Å². The number of likely N-dealkylation sites (tertiary alicyclic amines) is 1. The molecule has 0 unspecified atom stereocenters. The van der Waals surface area contributed by atoms with E-state index >= 15 is 0 Å². The van der Waals surface area contributed by atoms with Crippen molar-refractivity contribution < 1.29 is 0 Å². The van der Waals surface area contributed by atoms with Gasteiger partial charge in [-0.05, 0) is 25.1 Å². The molecular formula is C7H12N2S. The van der Waals surface area contributed by atoms with Gasteiger partial charge in [-0.1, -0.05) is 6.42 Å². The molecule has 1 aliphatic carbocycles. The Morgan fingerprint density at radius 2 is 2.00 bits per heavy atom. The molecule has 1 heterocycles. The summed E-state index contributed by atoms with van der Waals surface area (Å²) < 4.78 is 0. The Morgan fingerprint density at radius 3 is 2.30 bits per heavy atom. The standard InChI is InChI=1S/C7H12N2S/c8-6(10)9-4-7(5-9)2-1-3-7/h1-5H2,(H2,8,10). The summed E-state index contributed by atoms with van der Waals surface area (Å²) in [6, 6.07) is 0. The Hall–Kier alpha value is -0.310. The van der Waals surface area contributed by atoms with Crippen molar-refractivity contribution in [1.29, 1.82) is 0 Å². The molecule has 0 radical (unpaired) electrons. The highest BCUT2D eigenvalue weighted by molar-refractivity contribution is 7.80. The lowest BCUT2D eigenvalue weighted by molar-refractivity contribution is -0.0160. The highest BCUT2D eigenvalue weighted by Gasteiger charge is 2.47. The molecule has 3 heteroatoms. The molecule has 1 spiro atoms. The lowest BCUT2D eigenvalue weighted by Crippen LogP contribution is -2.62. The maximum Gasteiger partial charge on any atom is 0.166 e. The largest absolute Gasteiger partial charge is 0.376 e. The summed E-state index contributed by atoms with van der Waals surface area (Å²) in [4.78, 5) is 2.09. The van der Waals surface area contributed by atoms with Gasteiger partial charge in [0.05, 0.1) is 0 Å². The Morgan fingerprint density at radius 1 is 1.40 bits per heavy atom. The third-order valence-corrected chi connectivity index (χ3v) is 3.04. The van der Waals surface area contributed by atoms with Crippen molar-refractivity contribution in [2.24, 2.45) is 11.1 Å². The van der Waals surface area contributed by atoms with Gasteiger partial charge in [0.2, 0.25) is 0 Å². The van der Waals surface area contributed by atoms with Crippen molar-refractivity contribution in [3.8, 4) is 0 Å². The van der Waals surface area contributed by atoms with E-state index in [1.54, 1.807) is 0 Å². The molecule has 1 saturated heterocycles. The van der Waals surface area contributed by atoms with Gasteiger partial charge in [0, 0.05) is 18.5 Å². The van der Waals surface area contributed by atoms with Crippen LogP contribution in [0.5, 0.6) is 0 Å². The van der Waals surface area contributed by atoms with Gasteiger partial charge in [0.1, 0.15) is 0 Å². The fourth-order valence-electron chi connectivity index (χ4n) is 1.91. The van der Waals surface area contributed by atoms with Gasteiger partial charge < -0.3 is 10.6 Å².